The Kier molecular flexibility index (Phi) is 6.84. The van der Waals surface area contributed by atoms with E-state index < -0.39 is 0 Å². The summed E-state index contributed by atoms with van der Waals surface area (Å²) in [6, 6.07) is 22.4. The molecule has 0 heterocycles. The third-order valence-corrected chi connectivity index (χ3v) is 4.02. The maximum absolute atomic E-state index is 11.9. The number of rotatable bonds is 8. The van der Waals surface area contributed by atoms with Crippen molar-refractivity contribution in [1.29, 1.82) is 0 Å². The van der Waals surface area contributed by atoms with Crippen molar-refractivity contribution in [3.8, 4) is 28.4 Å². The molecule has 0 bridgehead atoms. The number of benzene rings is 3. The fourth-order valence-corrected chi connectivity index (χ4v) is 2.62. The monoisotopic (exact) mass is 390 g/mol. The summed E-state index contributed by atoms with van der Waals surface area (Å²) in [6.07, 6.45) is 1.47. The SMILES string of the molecule is CCOc1cc(/C=N\NC(=O)COc2ccc(-c3ccccc3)cc2)ccc1O. The van der Waals surface area contributed by atoms with Gasteiger partial charge in [-0.15, -0.1) is 0 Å². The Morgan fingerprint density at radius 2 is 1.72 bits per heavy atom. The van der Waals surface area contributed by atoms with E-state index in [4.69, 9.17) is 9.47 Å². The summed E-state index contributed by atoms with van der Waals surface area (Å²) in [5, 5.41) is 13.6. The lowest BCUT2D eigenvalue weighted by atomic mass is 10.1. The second-order valence-electron chi connectivity index (χ2n) is 6.13. The second-order valence-corrected chi connectivity index (χ2v) is 6.13. The van der Waals surface area contributed by atoms with Crippen molar-refractivity contribution in [3.05, 3.63) is 78.4 Å². The molecule has 0 aromatic heterocycles. The number of hydrogen-bond acceptors (Lipinski definition) is 5. The quantitative estimate of drug-likeness (QED) is 0.450. The number of ether oxygens (including phenoxy) is 2. The fourth-order valence-electron chi connectivity index (χ4n) is 2.62. The van der Waals surface area contributed by atoms with Gasteiger partial charge in [-0.05, 0) is 53.9 Å². The largest absolute Gasteiger partial charge is 0.504 e. The lowest BCUT2D eigenvalue weighted by molar-refractivity contribution is -0.123. The summed E-state index contributed by atoms with van der Waals surface area (Å²) in [7, 11) is 0. The van der Waals surface area contributed by atoms with E-state index in [1.807, 2.05) is 61.5 Å². The molecular weight excluding hydrogens is 368 g/mol. The zero-order valence-electron chi connectivity index (χ0n) is 16.0. The van der Waals surface area contributed by atoms with E-state index in [2.05, 4.69) is 10.5 Å². The molecule has 0 radical (unpaired) electrons. The number of carbonyl (C=O) groups excluding carboxylic acids is 1. The number of carbonyl (C=O) groups is 1. The van der Waals surface area contributed by atoms with Gasteiger partial charge >= 0.3 is 0 Å². The summed E-state index contributed by atoms with van der Waals surface area (Å²) in [5.41, 5.74) is 5.29. The molecule has 2 N–H and O–H groups in total. The zero-order valence-corrected chi connectivity index (χ0v) is 16.0. The van der Waals surface area contributed by atoms with Crippen molar-refractivity contribution >= 4 is 12.1 Å². The smallest absolute Gasteiger partial charge is 0.277 e. The predicted octanol–water partition coefficient (Wildman–Crippen LogP) is 3.99. The highest BCUT2D eigenvalue weighted by atomic mass is 16.5. The van der Waals surface area contributed by atoms with Gasteiger partial charge in [0.25, 0.3) is 5.91 Å². The Labute approximate surface area is 169 Å². The first-order valence-electron chi connectivity index (χ1n) is 9.21. The molecule has 29 heavy (non-hydrogen) atoms. The first kappa shape index (κ1) is 19.9. The van der Waals surface area contributed by atoms with Gasteiger partial charge in [-0.3, -0.25) is 4.79 Å². The fraction of sp³-hybridized carbons (Fsp3) is 0.130. The van der Waals surface area contributed by atoms with Gasteiger partial charge in [0.1, 0.15) is 5.75 Å². The van der Waals surface area contributed by atoms with Crippen LogP contribution in [0.3, 0.4) is 0 Å². The molecule has 3 aromatic rings. The van der Waals surface area contributed by atoms with Crippen LogP contribution in [0, 0.1) is 0 Å². The summed E-state index contributed by atoms with van der Waals surface area (Å²) >= 11 is 0. The highest BCUT2D eigenvalue weighted by molar-refractivity contribution is 5.83. The number of phenols is 1. The van der Waals surface area contributed by atoms with Crippen LogP contribution in [0.15, 0.2) is 77.9 Å². The Morgan fingerprint density at radius 1 is 1.00 bits per heavy atom. The van der Waals surface area contributed by atoms with Crippen LogP contribution in [0.5, 0.6) is 17.2 Å². The number of nitrogens with zero attached hydrogens (tertiary/aromatic N) is 1. The lowest BCUT2D eigenvalue weighted by Crippen LogP contribution is -2.24. The molecule has 0 spiro atoms. The van der Waals surface area contributed by atoms with Gasteiger partial charge in [0.15, 0.2) is 18.1 Å². The molecule has 0 aliphatic heterocycles. The van der Waals surface area contributed by atoms with Crippen LogP contribution < -0.4 is 14.9 Å². The van der Waals surface area contributed by atoms with E-state index in [1.54, 1.807) is 12.1 Å². The standard InChI is InChI=1S/C23H22N2O4/c1-2-28-22-14-17(8-13-21(22)26)15-24-25-23(27)16-29-20-11-9-19(10-12-20)18-6-4-3-5-7-18/h3-15,26H,2,16H2,1H3,(H,25,27)/b24-15-. The summed E-state index contributed by atoms with van der Waals surface area (Å²) in [4.78, 5) is 11.9. The molecule has 0 atom stereocenters. The summed E-state index contributed by atoms with van der Waals surface area (Å²) in [6.45, 7) is 2.12. The third kappa shape index (κ3) is 5.84. The summed E-state index contributed by atoms with van der Waals surface area (Å²) in [5.74, 6) is 0.644. The van der Waals surface area contributed by atoms with Gasteiger partial charge in [0, 0.05) is 0 Å². The van der Waals surface area contributed by atoms with Crippen LogP contribution in [0.1, 0.15) is 12.5 Å². The van der Waals surface area contributed by atoms with Gasteiger partial charge < -0.3 is 14.6 Å². The minimum atomic E-state index is -0.378. The number of aromatic hydroxyl groups is 1. The van der Waals surface area contributed by atoms with Crippen molar-refractivity contribution in [1.82, 2.24) is 5.43 Å². The molecule has 3 rings (SSSR count). The second kappa shape index (κ2) is 9.94. The van der Waals surface area contributed by atoms with Crippen molar-refractivity contribution in [2.75, 3.05) is 13.2 Å². The van der Waals surface area contributed by atoms with Crippen LogP contribution in [0.25, 0.3) is 11.1 Å². The number of hydrogen-bond donors (Lipinski definition) is 2. The van der Waals surface area contributed by atoms with Crippen LogP contribution in [-0.4, -0.2) is 30.4 Å². The Morgan fingerprint density at radius 3 is 2.45 bits per heavy atom. The van der Waals surface area contributed by atoms with E-state index in [0.717, 1.165) is 11.1 Å². The molecular formula is C23H22N2O4. The minimum absolute atomic E-state index is 0.0553. The van der Waals surface area contributed by atoms with Crippen molar-refractivity contribution in [2.45, 2.75) is 6.92 Å². The van der Waals surface area contributed by atoms with Crippen LogP contribution in [0.4, 0.5) is 0 Å². The Balaban J connectivity index is 1.49. The lowest BCUT2D eigenvalue weighted by Gasteiger charge is -2.07. The molecule has 0 saturated heterocycles. The molecule has 0 saturated carbocycles. The number of phenolic OH excluding ortho intramolecular Hbond substituents is 1. The zero-order chi connectivity index (χ0) is 20.5. The molecule has 0 aliphatic carbocycles. The molecule has 6 heteroatoms. The number of nitrogens with one attached hydrogen (secondary N) is 1. The van der Waals surface area contributed by atoms with Crippen LogP contribution in [0.2, 0.25) is 0 Å². The minimum Gasteiger partial charge on any atom is -0.504 e. The first-order valence-corrected chi connectivity index (χ1v) is 9.21. The highest BCUT2D eigenvalue weighted by Crippen LogP contribution is 2.26. The van der Waals surface area contributed by atoms with Crippen molar-refractivity contribution in [3.63, 3.8) is 0 Å². The first-order chi connectivity index (χ1) is 14.2. The van der Waals surface area contributed by atoms with Gasteiger partial charge in [0.2, 0.25) is 0 Å². The van der Waals surface area contributed by atoms with Crippen LogP contribution in [-0.2, 0) is 4.79 Å². The molecule has 6 nitrogen and oxygen atoms in total. The maximum Gasteiger partial charge on any atom is 0.277 e. The van der Waals surface area contributed by atoms with E-state index in [1.165, 1.54) is 12.3 Å². The molecule has 148 valence electrons. The third-order valence-electron chi connectivity index (χ3n) is 4.02. The molecule has 0 fully saturated rings. The molecule has 0 unspecified atom stereocenters. The van der Waals surface area contributed by atoms with Gasteiger partial charge in [-0.25, -0.2) is 5.43 Å². The predicted molar refractivity (Wildman–Crippen MR) is 112 cm³/mol. The number of amides is 1. The highest BCUT2D eigenvalue weighted by Gasteiger charge is 2.04. The number of hydrazone groups is 1. The van der Waals surface area contributed by atoms with Gasteiger partial charge in [-0.1, -0.05) is 42.5 Å². The van der Waals surface area contributed by atoms with Crippen molar-refractivity contribution in [2.24, 2.45) is 5.10 Å². The normalized spacial score (nSPS) is 10.7. The maximum atomic E-state index is 11.9. The summed E-state index contributed by atoms with van der Waals surface area (Å²) < 4.78 is 10.8. The van der Waals surface area contributed by atoms with Crippen LogP contribution >= 0.6 is 0 Å². The molecule has 1 amide bonds. The topological polar surface area (TPSA) is 80.2 Å². The van der Waals surface area contributed by atoms with E-state index in [9.17, 15) is 9.90 Å². The van der Waals surface area contributed by atoms with Crippen molar-refractivity contribution < 1.29 is 19.4 Å². The van der Waals surface area contributed by atoms with Gasteiger partial charge in [-0.2, -0.15) is 5.10 Å². The average molecular weight is 390 g/mol. The Hall–Kier alpha value is -3.80. The average Bonchev–Trinajstić information content (AvgIpc) is 2.76. The van der Waals surface area contributed by atoms with E-state index in [-0.39, 0.29) is 18.3 Å². The molecule has 3 aromatic carbocycles. The van der Waals surface area contributed by atoms with E-state index >= 15 is 0 Å². The molecule has 0 aliphatic rings. The van der Waals surface area contributed by atoms with E-state index in [0.29, 0.717) is 23.7 Å². The Bertz CT molecular complexity index is 970. The van der Waals surface area contributed by atoms with Gasteiger partial charge in [0.05, 0.1) is 12.8 Å².